The van der Waals surface area contributed by atoms with Gasteiger partial charge >= 0.3 is 0 Å². The van der Waals surface area contributed by atoms with E-state index in [0.717, 1.165) is 27.5 Å². The highest BCUT2D eigenvalue weighted by Gasteiger charge is 2.25. The lowest BCUT2D eigenvalue weighted by atomic mass is 9.97. The van der Waals surface area contributed by atoms with E-state index in [4.69, 9.17) is 4.99 Å². The fourth-order valence-electron chi connectivity index (χ4n) is 1.68. The van der Waals surface area contributed by atoms with Gasteiger partial charge in [0.2, 0.25) is 0 Å². The molecule has 0 fully saturated rings. The number of benzene rings is 1. The van der Waals surface area contributed by atoms with Crippen molar-refractivity contribution >= 4 is 38.5 Å². The normalized spacial score (nSPS) is 24.3. The molecular formula is C13H17BrN2S. The summed E-state index contributed by atoms with van der Waals surface area (Å²) >= 11 is 5.24. The fourth-order valence-corrected chi connectivity index (χ4v) is 3.15. The van der Waals surface area contributed by atoms with Crippen LogP contribution in [0.2, 0.25) is 0 Å². The molecule has 92 valence electrons. The first kappa shape index (κ1) is 13.0. The summed E-state index contributed by atoms with van der Waals surface area (Å²) in [6.07, 6.45) is 2.26. The Hall–Kier alpha value is -0.480. The van der Waals surface area contributed by atoms with Crippen LogP contribution in [0.25, 0.3) is 0 Å². The zero-order chi connectivity index (χ0) is 12.3. The minimum Gasteiger partial charge on any atom is -0.335 e. The Morgan fingerprint density at radius 3 is 2.76 bits per heavy atom. The number of thioether (sulfide) groups is 1. The minimum absolute atomic E-state index is 0.114. The van der Waals surface area contributed by atoms with E-state index in [0.29, 0.717) is 0 Å². The molecule has 1 aromatic carbocycles. The Bertz CT molecular complexity index is 416. The highest BCUT2D eigenvalue weighted by atomic mass is 79.9. The van der Waals surface area contributed by atoms with E-state index >= 15 is 0 Å². The molecule has 0 aromatic heterocycles. The Morgan fingerprint density at radius 1 is 1.41 bits per heavy atom. The Balaban J connectivity index is 2.10. The molecule has 2 rings (SSSR count). The summed E-state index contributed by atoms with van der Waals surface area (Å²) in [6, 6.07) is 8.20. The third-order valence-corrected chi connectivity index (χ3v) is 4.51. The van der Waals surface area contributed by atoms with Crippen molar-refractivity contribution in [1.29, 1.82) is 0 Å². The van der Waals surface area contributed by atoms with Gasteiger partial charge in [0, 0.05) is 15.9 Å². The maximum Gasteiger partial charge on any atom is 0.161 e. The Kier molecular flexibility index (Phi) is 4.15. The van der Waals surface area contributed by atoms with Crippen LogP contribution in [0, 0.1) is 0 Å². The molecule has 1 aromatic rings. The van der Waals surface area contributed by atoms with Crippen molar-refractivity contribution in [2.75, 3.05) is 11.1 Å². The van der Waals surface area contributed by atoms with Crippen molar-refractivity contribution in [3.05, 3.63) is 28.7 Å². The molecule has 0 radical (unpaired) electrons. The molecule has 0 amide bonds. The molecule has 0 saturated heterocycles. The smallest absolute Gasteiger partial charge is 0.161 e. The quantitative estimate of drug-likeness (QED) is 0.868. The molecule has 1 heterocycles. The maximum atomic E-state index is 4.81. The number of halogens is 1. The van der Waals surface area contributed by atoms with E-state index in [2.05, 4.69) is 47.2 Å². The third-order valence-electron chi connectivity index (χ3n) is 3.11. The lowest BCUT2D eigenvalue weighted by molar-refractivity contribution is 0.443. The second kappa shape index (κ2) is 5.44. The molecule has 17 heavy (non-hydrogen) atoms. The van der Waals surface area contributed by atoms with Gasteiger partial charge in [0.25, 0.3) is 0 Å². The first-order chi connectivity index (χ1) is 8.11. The van der Waals surface area contributed by atoms with Gasteiger partial charge < -0.3 is 5.32 Å². The molecule has 1 aliphatic rings. The number of aliphatic imine (C=N–C) groups is 1. The number of amidine groups is 1. The summed E-state index contributed by atoms with van der Waals surface area (Å²) in [6.45, 7) is 4.44. The lowest BCUT2D eigenvalue weighted by Crippen LogP contribution is -2.29. The average Bonchev–Trinajstić information content (AvgIpc) is 2.32. The van der Waals surface area contributed by atoms with Crippen LogP contribution in [-0.4, -0.2) is 16.5 Å². The summed E-state index contributed by atoms with van der Waals surface area (Å²) in [4.78, 5) is 4.81. The van der Waals surface area contributed by atoms with Crippen LogP contribution < -0.4 is 5.32 Å². The first-order valence-corrected chi connectivity index (χ1v) is 7.64. The number of anilines is 1. The maximum absolute atomic E-state index is 4.81. The molecule has 0 bridgehead atoms. The first-order valence-electron chi connectivity index (χ1n) is 5.86. The van der Waals surface area contributed by atoms with E-state index < -0.39 is 0 Å². The SMILES string of the molecule is CCC1(C)CCSC(Nc2ccc(Br)cc2)=N1. The predicted octanol–water partition coefficient (Wildman–Crippen LogP) is 4.52. The summed E-state index contributed by atoms with van der Waals surface area (Å²) in [5, 5.41) is 4.43. The van der Waals surface area contributed by atoms with Gasteiger partial charge in [-0.15, -0.1) is 0 Å². The van der Waals surface area contributed by atoms with Crippen molar-refractivity contribution < 1.29 is 0 Å². The van der Waals surface area contributed by atoms with Crippen molar-refractivity contribution in [2.45, 2.75) is 32.2 Å². The monoisotopic (exact) mass is 312 g/mol. The van der Waals surface area contributed by atoms with E-state index in [9.17, 15) is 0 Å². The van der Waals surface area contributed by atoms with Gasteiger partial charge in [0.05, 0.1) is 5.54 Å². The average molecular weight is 313 g/mol. The van der Waals surface area contributed by atoms with E-state index in [-0.39, 0.29) is 5.54 Å². The number of nitrogens with zero attached hydrogens (tertiary/aromatic N) is 1. The van der Waals surface area contributed by atoms with Gasteiger partial charge in [-0.05, 0) is 44.0 Å². The fraction of sp³-hybridized carbons (Fsp3) is 0.462. The van der Waals surface area contributed by atoms with E-state index in [1.54, 1.807) is 0 Å². The van der Waals surface area contributed by atoms with Gasteiger partial charge in [-0.2, -0.15) is 0 Å². The van der Waals surface area contributed by atoms with Crippen molar-refractivity contribution in [2.24, 2.45) is 4.99 Å². The molecule has 0 saturated carbocycles. The molecule has 1 unspecified atom stereocenters. The van der Waals surface area contributed by atoms with E-state index in [1.165, 1.54) is 6.42 Å². The van der Waals surface area contributed by atoms with Crippen molar-refractivity contribution in [1.82, 2.24) is 0 Å². The van der Waals surface area contributed by atoms with Crippen LogP contribution >= 0.6 is 27.7 Å². The lowest BCUT2D eigenvalue weighted by Gasteiger charge is -2.29. The topological polar surface area (TPSA) is 24.4 Å². The van der Waals surface area contributed by atoms with Crippen molar-refractivity contribution in [3.8, 4) is 0 Å². The largest absolute Gasteiger partial charge is 0.335 e. The number of nitrogens with one attached hydrogen (secondary N) is 1. The Labute approximate surface area is 115 Å². The zero-order valence-electron chi connectivity index (χ0n) is 10.2. The molecule has 1 N–H and O–H groups in total. The molecule has 4 heteroatoms. The van der Waals surface area contributed by atoms with Gasteiger partial charge in [-0.3, -0.25) is 4.99 Å². The highest BCUT2D eigenvalue weighted by molar-refractivity contribution is 9.10. The highest BCUT2D eigenvalue weighted by Crippen LogP contribution is 2.29. The van der Waals surface area contributed by atoms with Gasteiger partial charge in [0.15, 0.2) is 5.17 Å². The van der Waals surface area contributed by atoms with Gasteiger partial charge in [-0.1, -0.05) is 34.6 Å². The van der Waals surface area contributed by atoms with Crippen LogP contribution in [0.1, 0.15) is 26.7 Å². The van der Waals surface area contributed by atoms with E-state index in [1.807, 2.05) is 23.9 Å². The molecule has 1 atom stereocenters. The van der Waals surface area contributed by atoms with Crippen LogP contribution in [0.3, 0.4) is 0 Å². The van der Waals surface area contributed by atoms with Gasteiger partial charge in [0.1, 0.15) is 0 Å². The summed E-state index contributed by atoms with van der Waals surface area (Å²) < 4.78 is 1.10. The van der Waals surface area contributed by atoms with Crippen LogP contribution in [0.15, 0.2) is 33.7 Å². The molecule has 2 nitrogen and oxygen atoms in total. The molecule has 0 spiro atoms. The van der Waals surface area contributed by atoms with Crippen LogP contribution in [-0.2, 0) is 0 Å². The minimum atomic E-state index is 0.114. The summed E-state index contributed by atoms with van der Waals surface area (Å²) in [5.74, 6) is 1.15. The van der Waals surface area contributed by atoms with Crippen LogP contribution in [0.5, 0.6) is 0 Å². The molecule has 0 aliphatic carbocycles. The number of hydrogen-bond donors (Lipinski definition) is 1. The third kappa shape index (κ3) is 3.49. The zero-order valence-corrected chi connectivity index (χ0v) is 12.6. The van der Waals surface area contributed by atoms with Crippen molar-refractivity contribution in [3.63, 3.8) is 0 Å². The predicted molar refractivity (Wildman–Crippen MR) is 81.0 cm³/mol. The standard InChI is InChI=1S/C13H17BrN2S/c1-3-13(2)8-9-17-12(16-13)15-11-6-4-10(14)5-7-11/h4-7H,3,8-9H2,1-2H3,(H,15,16). The number of rotatable bonds is 2. The van der Waals surface area contributed by atoms with Gasteiger partial charge in [-0.25, -0.2) is 0 Å². The van der Waals surface area contributed by atoms with Crippen LogP contribution in [0.4, 0.5) is 5.69 Å². The molecule has 1 aliphatic heterocycles. The number of hydrogen-bond acceptors (Lipinski definition) is 3. The second-order valence-corrected chi connectivity index (χ2v) is 6.50. The second-order valence-electron chi connectivity index (χ2n) is 4.50. The summed E-state index contributed by atoms with van der Waals surface area (Å²) in [5.41, 5.74) is 1.21. The Morgan fingerprint density at radius 2 is 2.12 bits per heavy atom. The summed E-state index contributed by atoms with van der Waals surface area (Å²) in [7, 11) is 0. The molecular weight excluding hydrogens is 296 g/mol.